The van der Waals surface area contributed by atoms with Gasteiger partial charge in [-0.05, 0) is 407 Å². The van der Waals surface area contributed by atoms with Crippen molar-refractivity contribution in [1.82, 2.24) is 0 Å². The van der Waals surface area contributed by atoms with Crippen LogP contribution in [-0.4, -0.2) is 0 Å². The zero-order valence-corrected chi connectivity index (χ0v) is 74.7. The molecule has 120 heavy (non-hydrogen) atoms. The van der Waals surface area contributed by atoms with Gasteiger partial charge in [-0.2, -0.15) is 0 Å². The van der Waals surface area contributed by atoms with Crippen molar-refractivity contribution in [3.05, 3.63) is 407 Å². The highest BCUT2D eigenvalue weighted by atomic mass is 15.2. The summed E-state index contributed by atoms with van der Waals surface area (Å²) in [5.74, 6) is 0. The molecule has 7 heteroatoms. The molecule has 0 amide bonds. The highest BCUT2D eigenvalue weighted by molar-refractivity contribution is 5.92. The summed E-state index contributed by atoms with van der Waals surface area (Å²) in [7, 11) is 0. The molecule has 0 unspecified atom stereocenters. The lowest BCUT2D eigenvalue weighted by molar-refractivity contribution is 1.16. The molecule has 0 saturated heterocycles. The van der Waals surface area contributed by atoms with E-state index < -0.39 is 0 Å². The SMILES string of the molecule is Cc1ccc(N(c2ccc(N(c3ccc(N(c4ccc(N(c5c(C)cc(C)cc5C)c5c(C)cc(C)cc5C)cc4)c4ccc(N(c5c(C)cc(C)cc5C)c5c(C)cc(C)cc5C)cc4)cc3)c3ccc(N(c4ccc(C)cc4)c4c(C)cc(C)cc4C)cc3)cc2)c2ccc(N(c3c(C)cc(C)cc3C)c3c(C)cc(C)cc3C)cc2)cc1. The summed E-state index contributed by atoms with van der Waals surface area (Å²) in [6.45, 7) is 51.2. The van der Waals surface area contributed by atoms with Crippen LogP contribution in [0.25, 0.3) is 0 Å². The van der Waals surface area contributed by atoms with Crippen molar-refractivity contribution in [2.45, 2.75) is 159 Å². The van der Waals surface area contributed by atoms with Gasteiger partial charge in [-0.25, -0.2) is 0 Å². The van der Waals surface area contributed by atoms with Crippen molar-refractivity contribution >= 4 is 119 Å². The minimum absolute atomic E-state index is 1.01. The lowest BCUT2D eigenvalue weighted by Gasteiger charge is -2.33. The molecule has 15 rings (SSSR count). The summed E-state index contributed by atoms with van der Waals surface area (Å²) >= 11 is 0. The third-order valence-electron chi connectivity index (χ3n) is 23.8. The molecule has 7 nitrogen and oxygen atoms in total. The summed E-state index contributed by atoms with van der Waals surface area (Å²) in [5, 5.41) is 0. The van der Waals surface area contributed by atoms with Crippen LogP contribution in [0.15, 0.2) is 279 Å². The van der Waals surface area contributed by atoms with Gasteiger partial charge < -0.3 is 34.3 Å². The van der Waals surface area contributed by atoms with Gasteiger partial charge in [0.05, 0.1) is 39.8 Å². The molecule has 0 heterocycles. The Bertz CT molecular complexity index is 5840. The third kappa shape index (κ3) is 16.4. The van der Waals surface area contributed by atoms with Gasteiger partial charge in [0.15, 0.2) is 0 Å². The van der Waals surface area contributed by atoms with Gasteiger partial charge in [0, 0.05) is 79.6 Å². The van der Waals surface area contributed by atoms with Crippen LogP contribution < -0.4 is 34.3 Å². The molecule has 0 saturated carbocycles. The summed E-state index contributed by atoms with van der Waals surface area (Å²) < 4.78 is 0. The van der Waals surface area contributed by atoms with Crippen LogP contribution in [0.4, 0.5) is 119 Å². The fourth-order valence-electron chi connectivity index (χ4n) is 19.4. The van der Waals surface area contributed by atoms with Crippen molar-refractivity contribution in [2.24, 2.45) is 0 Å². The average molecular weight is 1570 g/mol. The normalized spacial score (nSPS) is 11.3. The predicted octanol–water partition coefficient (Wildman–Crippen LogP) is 33.1. The largest absolute Gasteiger partial charge is 0.311 e. The Hall–Kier alpha value is -13.1. The lowest BCUT2D eigenvalue weighted by Crippen LogP contribution is -2.17. The topological polar surface area (TPSA) is 22.7 Å². The number of anilines is 21. The first kappa shape index (κ1) is 82.0. The maximum Gasteiger partial charge on any atom is 0.0520 e. The fraction of sp³-hybridized carbons (Fsp3) is 0.204. The van der Waals surface area contributed by atoms with Crippen molar-refractivity contribution in [2.75, 3.05) is 34.3 Å². The van der Waals surface area contributed by atoms with Gasteiger partial charge in [0.2, 0.25) is 0 Å². The van der Waals surface area contributed by atoms with E-state index in [1.807, 2.05) is 0 Å². The Morgan fingerprint density at radius 2 is 0.192 bits per heavy atom. The molecule has 0 aliphatic heterocycles. The molecule has 0 atom stereocenters. The average Bonchev–Trinajstić information content (AvgIpc) is 0.775. The van der Waals surface area contributed by atoms with Crippen LogP contribution in [0, 0.1) is 159 Å². The molecule has 0 aliphatic carbocycles. The second kappa shape index (κ2) is 33.7. The molecule has 0 spiro atoms. The molecule has 0 aliphatic rings. The van der Waals surface area contributed by atoms with E-state index in [-0.39, 0.29) is 0 Å². The van der Waals surface area contributed by atoms with Gasteiger partial charge >= 0.3 is 0 Å². The Balaban J connectivity index is 0.882. The monoisotopic (exact) mass is 1570 g/mol. The van der Waals surface area contributed by atoms with Gasteiger partial charge in [-0.3, -0.25) is 0 Å². The zero-order valence-electron chi connectivity index (χ0n) is 74.7. The quantitative estimate of drug-likeness (QED) is 0.0706. The van der Waals surface area contributed by atoms with E-state index in [0.29, 0.717) is 0 Å². The van der Waals surface area contributed by atoms with Crippen molar-refractivity contribution in [3.8, 4) is 0 Å². The molecule has 0 bridgehead atoms. The zero-order chi connectivity index (χ0) is 85.0. The van der Waals surface area contributed by atoms with Crippen LogP contribution in [0.5, 0.6) is 0 Å². The van der Waals surface area contributed by atoms with Crippen LogP contribution in [0.2, 0.25) is 0 Å². The Morgan fingerprint density at radius 1 is 0.100 bits per heavy atom. The fourth-order valence-corrected chi connectivity index (χ4v) is 19.4. The smallest absolute Gasteiger partial charge is 0.0520 e. The first-order chi connectivity index (χ1) is 57.4. The van der Waals surface area contributed by atoms with Crippen LogP contribution in [0.3, 0.4) is 0 Å². The Morgan fingerprint density at radius 3 is 0.317 bits per heavy atom. The Labute approximate surface area is 715 Å². The summed E-state index contributed by atoms with van der Waals surface area (Å²) in [6.07, 6.45) is 0. The van der Waals surface area contributed by atoms with E-state index >= 15 is 0 Å². The molecule has 0 radical (unpaired) electrons. The van der Waals surface area contributed by atoms with Crippen LogP contribution in [-0.2, 0) is 0 Å². The molecule has 0 N–H and O–H groups in total. The minimum atomic E-state index is 1.01. The molecule has 0 fully saturated rings. The Kier molecular flexibility index (Phi) is 23.0. The van der Waals surface area contributed by atoms with E-state index in [1.165, 1.54) is 168 Å². The number of aryl methyl sites for hydroxylation is 23. The number of benzene rings is 15. The second-order valence-electron chi connectivity index (χ2n) is 34.3. The highest BCUT2D eigenvalue weighted by Gasteiger charge is 2.29. The second-order valence-corrected chi connectivity index (χ2v) is 34.3. The van der Waals surface area contributed by atoms with Crippen molar-refractivity contribution < 1.29 is 0 Å². The predicted molar refractivity (Wildman–Crippen MR) is 518 cm³/mol. The lowest BCUT2D eigenvalue weighted by atomic mass is 9.98. The van der Waals surface area contributed by atoms with Crippen molar-refractivity contribution in [1.29, 1.82) is 0 Å². The van der Waals surface area contributed by atoms with E-state index in [9.17, 15) is 0 Å². The summed E-state index contributed by atoms with van der Waals surface area (Å²) in [4.78, 5) is 17.1. The molecule has 15 aromatic carbocycles. The van der Waals surface area contributed by atoms with Crippen LogP contribution in [0.1, 0.15) is 128 Å². The van der Waals surface area contributed by atoms with Crippen LogP contribution >= 0.6 is 0 Å². The van der Waals surface area contributed by atoms with Gasteiger partial charge in [-0.15, -0.1) is 0 Å². The first-order valence-electron chi connectivity index (χ1n) is 42.3. The van der Waals surface area contributed by atoms with E-state index in [1.54, 1.807) is 0 Å². The third-order valence-corrected chi connectivity index (χ3v) is 23.8. The molecular weight excluding hydrogens is 1460 g/mol. The number of rotatable bonds is 21. The van der Waals surface area contributed by atoms with Gasteiger partial charge in [0.25, 0.3) is 0 Å². The molecular formula is C113H115N7. The van der Waals surface area contributed by atoms with Gasteiger partial charge in [-0.1, -0.05) is 159 Å². The number of nitrogens with zero attached hydrogens (tertiary/aromatic N) is 7. The van der Waals surface area contributed by atoms with Crippen molar-refractivity contribution in [3.63, 3.8) is 0 Å². The summed E-state index contributed by atoms with van der Waals surface area (Å²) in [6, 6.07) is 105. The number of hydrogen-bond acceptors (Lipinski definition) is 7. The maximum atomic E-state index is 2.50. The minimum Gasteiger partial charge on any atom is -0.311 e. The van der Waals surface area contributed by atoms with E-state index in [0.717, 1.165) is 79.6 Å². The first-order valence-corrected chi connectivity index (χ1v) is 42.3. The van der Waals surface area contributed by atoms with E-state index in [4.69, 9.17) is 0 Å². The molecule has 602 valence electrons. The standard InChI is InChI=1S/C113H115N7/c1-70-24-28-93(29-25-70)114(99-42-50-104(51-43-99)118(108-81(12)58-73(4)59-82(108)13)109-83(14)60-74(5)61-84(109)15)94-32-34-95(35-33-94)115(98-40-48-103(49-41-98)117(102-30-26-71(2)27-31-102)107-79(10)56-72(3)57-80(107)11)96-36-38-97(39-37-96)116(100-44-52-105(53-45-100)119(110-85(16)62-75(6)63-86(110)17)111-87(18)64-76(7)65-88(111)19)101-46-54-106(55-47-101)120(112-89(20)66-77(8)67-90(112)21)113-91(22)68-78(9)69-92(113)23/h24-69H,1-23H3. The summed E-state index contributed by atoms with van der Waals surface area (Å²) in [5.41, 5.74) is 51.6. The number of hydrogen-bond donors (Lipinski definition) is 0. The van der Waals surface area contributed by atoms with E-state index in [2.05, 4.69) is 473 Å². The molecule has 15 aromatic rings. The highest BCUT2D eigenvalue weighted by Crippen LogP contribution is 2.51. The van der Waals surface area contributed by atoms with Gasteiger partial charge in [0.1, 0.15) is 0 Å². The maximum absolute atomic E-state index is 2.50. The molecule has 0 aromatic heterocycles.